The van der Waals surface area contributed by atoms with Gasteiger partial charge in [-0.2, -0.15) is 0 Å². The van der Waals surface area contributed by atoms with Gasteiger partial charge in [0.25, 0.3) is 5.91 Å². The molecule has 0 aliphatic carbocycles. The Labute approximate surface area is 170 Å². The number of nitrogens with one attached hydrogen (secondary N) is 1. The van der Waals surface area contributed by atoms with Crippen LogP contribution < -0.4 is 10.2 Å². The summed E-state index contributed by atoms with van der Waals surface area (Å²) in [6.07, 6.45) is 0.876. The maximum Gasteiger partial charge on any atom is 0.311 e. The van der Waals surface area contributed by atoms with Crippen molar-refractivity contribution in [1.82, 2.24) is 0 Å². The Morgan fingerprint density at radius 2 is 1.90 bits per heavy atom. The van der Waals surface area contributed by atoms with Crippen LogP contribution in [-0.4, -0.2) is 30.9 Å². The van der Waals surface area contributed by atoms with Crippen molar-refractivity contribution in [2.45, 2.75) is 33.6 Å². The molecule has 1 heterocycles. The fourth-order valence-corrected chi connectivity index (χ4v) is 3.40. The van der Waals surface area contributed by atoms with Crippen LogP contribution in [0.1, 0.15) is 30.0 Å². The largest absolute Gasteiger partial charge is 0.455 e. The van der Waals surface area contributed by atoms with Crippen LogP contribution in [0.3, 0.4) is 0 Å². The van der Waals surface area contributed by atoms with Gasteiger partial charge in [-0.1, -0.05) is 31.2 Å². The number of aryl methyl sites for hydroxylation is 3. The maximum absolute atomic E-state index is 12.4. The number of carbonyl (C=O) groups excluding carboxylic acids is 3. The molecule has 1 atom stereocenters. The highest BCUT2D eigenvalue weighted by Gasteiger charge is 2.36. The van der Waals surface area contributed by atoms with Crippen molar-refractivity contribution in [3.63, 3.8) is 0 Å². The summed E-state index contributed by atoms with van der Waals surface area (Å²) >= 11 is 0. The third-order valence-corrected chi connectivity index (χ3v) is 5.28. The van der Waals surface area contributed by atoms with E-state index >= 15 is 0 Å². The molecule has 0 aromatic heterocycles. The monoisotopic (exact) mass is 394 g/mol. The van der Waals surface area contributed by atoms with Gasteiger partial charge in [0.2, 0.25) is 5.91 Å². The molecule has 1 N–H and O–H groups in total. The van der Waals surface area contributed by atoms with Gasteiger partial charge < -0.3 is 15.0 Å². The van der Waals surface area contributed by atoms with Gasteiger partial charge in [0.15, 0.2) is 6.61 Å². The fourth-order valence-electron chi connectivity index (χ4n) is 3.40. The molecule has 2 aromatic carbocycles. The van der Waals surface area contributed by atoms with E-state index in [2.05, 4.69) is 5.32 Å². The third-order valence-electron chi connectivity index (χ3n) is 5.28. The van der Waals surface area contributed by atoms with Gasteiger partial charge in [-0.25, -0.2) is 0 Å². The van der Waals surface area contributed by atoms with Crippen LogP contribution in [0.25, 0.3) is 0 Å². The molecule has 29 heavy (non-hydrogen) atoms. The van der Waals surface area contributed by atoms with E-state index in [4.69, 9.17) is 4.74 Å². The molecule has 1 aliphatic rings. The first-order valence-electron chi connectivity index (χ1n) is 9.81. The Kier molecular flexibility index (Phi) is 6.32. The third kappa shape index (κ3) is 4.83. The van der Waals surface area contributed by atoms with Gasteiger partial charge in [0.1, 0.15) is 0 Å². The number of amides is 2. The van der Waals surface area contributed by atoms with Crippen LogP contribution in [0.4, 0.5) is 11.4 Å². The number of nitrogens with zero attached hydrogens (tertiary/aromatic N) is 1. The molecule has 6 heteroatoms. The lowest BCUT2D eigenvalue weighted by molar-refractivity contribution is -0.151. The summed E-state index contributed by atoms with van der Waals surface area (Å²) < 4.78 is 5.18. The second-order valence-electron chi connectivity index (χ2n) is 7.34. The number of carbonyl (C=O) groups is 3. The highest BCUT2D eigenvalue weighted by molar-refractivity contribution is 6.00. The van der Waals surface area contributed by atoms with E-state index in [9.17, 15) is 14.4 Å². The van der Waals surface area contributed by atoms with Crippen LogP contribution in [0, 0.1) is 19.8 Å². The summed E-state index contributed by atoms with van der Waals surface area (Å²) in [5.41, 5.74) is 4.74. The Morgan fingerprint density at radius 3 is 2.62 bits per heavy atom. The quantitative estimate of drug-likeness (QED) is 0.762. The smallest absolute Gasteiger partial charge is 0.311 e. The molecule has 0 spiro atoms. The zero-order valence-electron chi connectivity index (χ0n) is 17.0. The lowest BCUT2D eigenvalue weighted by Crippen LogP contribution is -2.28. The molecule has 152 valence electrons. The molecule has 0 unspecified atom stereocenters. The van der Waals surface area contributed by atoms with Crippen LogP contribution in [0.15, 0.2) is 42.5 Å². The molecular weight excluding hydrogens is 368 g/mol. The second-order valence-corrected chi connectivity index (χ2v) is 7.34. The van der Waals surface area contributed by atoms with E-state index in [-0.39, 0.29) is 25.5 Å². The zero-order valence-corrected chi connectivity index (χ0v) is 17.0. The van der Waals surface area contributed by atoms with Gasteiger partial charge in [-0.15, -0.1) is 0 Å². The number of benzene rings is 2. The van der Waals surface area contributed by atoms with Crippen molar-refractivity contribution < 1.29 is 19.1 Å². The van der Waals surface area contributed by atoms with Crippen LogP contribution in [-0.2, 0) is 25.5 Å². The number of para-hydroxylation sites is 1. The summed E-state index contributed by atoms with van der Waals surface area (Å²) in [4.78, 5) is 38.5. The van der Waals surface area contributed by atoms with E-state index in [1.165, 1.54) is 0 Å². The summed E-state index contributed by atoms with van der Waals surface area (Å²) in [6, 6.07) is 13.3. The van der Waals surface area contributed by atoms with Gasteiger partial charge in [0.05, 0.1) is 5.92 Å². The van der Waals surface area contributed by atoms with E-state index in [0.29, 0.717) is 5.69 Å². The van der Waals surface area contributed by atoms with Crippen molar-refractivity contribution in [3.05, 3.63) is 59.2 Å². The van der Waals surface area contributed by atoms with Crippen LogP contribution in [0.5, 0.6) is 0 Å². The molecule has 6 nitrogen and oxygen atoms in total. The summed E-state index contributed by atoms with van der Waals surface area (Å²) in [6.45, 7) is 5.89. The van der Waals surface area contributed by atoms with Crippen LogP contribution in [0.2, 0.25) is 0 Å². The topological polar surface area (TPSA) is 75.7 Å². The minimum atomic E-state index is -0.570. The Morgan fingerprint density at radius 1 is 1.14 bits per heavy atom. The lowest BCUT2D eigenvalue weighted by Gasteiger charge is -2.18. The first-order valence-corrected chi connectivity index (χ1v) is 9.81. The van der Waals surface area contributed by atoms with E-state index in [0.717, 1.165) is 28.8 Å². The van der Waals surface area contributed by atoms with E-state index < -0.39 is 17.8 Å². The molecule has 3 rings (SSSR count). The minimum absolute atomic E-state index is 0.0893. The minimum Gasteiger partial charge on any atom is -0.455 e. The van der Waals surface area contributed by atoms with Gasteiger partial charge in [-0.05, 0) is 55.2 Å². The Bertz CT molecular complexity index is 938. The zero-order chi connectivity index (χ0) is 21.0. The van der Waals surface area contributed by atoms with Gasteiger partial charge >= 0.3 is 5.97 Å². The standard InChI is InChI=1S/C23H26N2O4/c1-4-17-7-5-6-8-20(17)24-21(26)14-29-23(28)18-12-22(27)25(13-18)19-10-9-15(2)16(3)11-19/h5-11,18H,4,12-14H2,1-3H3,(H,24,26)/t18-/m1/s1. The molecule has 0 saturated carbocycles. The predicted molar refractivity (Wildman–Crippen MR) is 112 cm³/mol. The Balaban J connectivity index is 1.55. The summed E-state index contributed by atoms with van der Waals surface area (Å²) in [5, 5.41) is 2.77. The van der Waals surface area contributed by atoms with Crippen molar-refractivity contribution in [3.8, 4) is 0 Å². The fraction of sp³-hybridized carbons (Fsp3) is 0.348. The first-order chi connectivity index (χ1) is 13.9. The summed E-state index contributed by atoms with van der Waals surface area (Å²) in [7, 11) is 0. The molecule has 1 fully saturated rings. The average Bonchev–Trinajstić information content (AvgIpc) is 3.10. The van der Waals surface area contributed by atoms with Crippen molar-refractivity contribution in [2.24, 2.45) is 5.92 Å². The molecule has 2 aromatic rings. The SMILES string of the molecule is CCc1ccccc1NC(=O)COC(=O)[C@@H]1CC(=O)N(c2ccc(C)c(C)c2)C1. The van der Waals surface area contributed by atoms with E-state index in [1.54, 1.807) is 4.90 Å². The molecular formula is C23H26N2O4. The van der Waals surface area contributed by atoms with Crippen LogP contribution >= 0.6 is 0 Å². The predicted octanol–water partition coefficient (Wildman–Crippen LogP) is 3.40. The number of hydrogen-bond donors (Lipinski definition) is 1. The molecule has 1 aliphatic heterocycles. The number of rotatable bonds is 6. The number of anilines is 2. The van der Waals surface area contributed by atoms with E-state index in [1.807, 2.05) is 63.2 Å². The van der Waals surface area contributed by atoms with Crippen molar-refractivity contribution >= 4 is 29.2 Å². The average molecular weight is 394 g/mol. The summed E-state index contributed by atoms with van der Waals surface area (Å²) in [5.74, 6) is -1.60. The normalized spacial score (nSPS) is 16.0. The number of hydrogen-bond acceptors (Lipinski definition) is 4. The van der Waals surface area contributed by atoms with Crippen molar-refractivity contribution in [2.75, 3.05) is 23.4 Å². The van der Waals surface area contributed by atoms with Gasteiger partial charge in [-0.3, -0.25) is 14.4 Å². The number of ether oxygens (including phenoxy) is 1. The highest BCUT2D eigenvalue weighted by Crippen LogP contribution is 2.27. The number of esters is 1. The lowest BCUT2D eigenvalue weighted by atomic mass is 10.1. The maximum atomic E-state index is 12.4. The van der Waals surface area contributed by atoms with Gasteiger partial charge in [0, 0.05) is 24.3 Å². The Hall–Kier alpha value is -3.15. The molecule has 2 amide bonds. The van der Waals surface area contributed by atoms with Crippen molar-refractivity contribution in [1.29, 1.82) is 0 Å². The molecule has 0 bridgehead atoms. The highest BCUT2D eigenvalue weighted by atomic mass is 16.5. The first kappa shape index (κ1) is 20.6. The second kappa shape index (κ2) is 8.90. The molecule has 0 radical (unpaired) electrons. The molecule has 1 saturated heterocycles.